The van der Waals surface area contributed by atoms with Crippen molar-refractivity contribution < 1.29 is 0 Å². The summed E-state index contributed by atoms with van der Waals surface area (Å²) in [5.41, 5.74) is 0. The van der Waals surface area contributed by atoms with E-state index < -0.39 is 0 Å². The molecule has 4 heteroatoms. The van der Waals surface area contributed by atoms with Gasteiger partial charge >= 0.3 is 0 Å². The van der Waals surface area contributed by atoms with Crippen LogP contribution in [0.1, 0.15) is 52.9 Å². The van der Waals surface area contributed by atoms with Crippen LogP contribution in [-0.4, -0.2) is 38.0 Å². The van der Waals surface area contributed by atoms with Gasteiger partial charge in [0.15, 0.2) is 5.96 Å². The van der Waals surface area contributed by atoms with E-state index in [1.54, 1.807) is 0 Å². The number of nitrogens with one attached hydrogen (secondary N) is 1. The number of hydrogen-bond acceptors (Lipinski definition) is 1. The summed E-state index contributed by atoms with van der Waals surface area (Å²) in [7, 11) is 3.97. The van der Waals surface area contributed by atoms with Gasteiger partial charge in [-0.1, -0.05) is 40.0 Å². The minimum Gasteiger partial charge on any atom is -0.356 e. The van der Waals surface area contributed by atoms with Crippen molar-refractivity contribution >= 4 is 29.9 Å². The molecular formula is C14H32IN3. The lowest BCUT2D eigenvalue weighted by molar-refractivity contribution is 0.460. The smallest absolute Gasteiger partial charge is 0.193 e. The molecule has 0 aliphatic carbocycles. The van der Waals surface area contributed by atoms with Gasteiger partial charge in [0.05, 0.1) is 0 Å². The molecule has 0 aliphatic rings. The predicted molar refractivity (Wildman–Crippen MR) is 93.0 cm³/mol. The first-order valence-electron chi connectivity index (χ1n) is 7.03. The predicted octanol–water partition coefficient (Wildman–Crippen LogP) is 3.74. The number of unbranched alkanes of at least 4 members (excludes halogenated alkanes) is 2. The van der Waals surface area contributed by atoms with Gasteiger partial charge < -0.3 is 10.2 Å². The van der Waals surface area contributed by atoms with Crippen LogP contribution >= 0.6 is 24.0 Å². The van der Waals surface area contributed by atoms with Crippen LogP contribution in [0.5, 0.6) is 0 Å². The van der Waals surface area contributed by atoms with Gasteiger partial charge in [0.25, 0.3) is 0 Å². The molecule has 0 spiro atoms. The third-order valence-electron chi connectivity index (χ3n) is 2.91. The van der Waals surface area contributed by atoms with Crippen molar-refractivity contribution in [3.8, 4) is 0 Å². The van der Waals surface area contributed by atoms with Gasteiger partial charge in [-0.25, -0.2) is 0 Å². The summed E-state index contributed by atoms with van der Waals surface area (Å²) in [4.78, 5) is 6.52. The molecule has 0 aromatic rings. The van der Waals surface area contributed by atoms with E-state index in [0.717, 1.165) is 25.0 Å². The van der Waals surface area contributed by atoms with E-state index >= 15 is 0 Å². The van der Waals surface area contributed by atoms with Crippen LogP contribution in [0, 0.1) is 5.92 Å². The maximum atomic E-state index is 4.31. The largest absolute Gasteiger partial charge is 0.356 e. The Bertz CT molecular complexity index is 205. The Balaban J connectivity index is 0. The Morgan fingerprint density at radius 1 is 1.22 bits per heavy atom. The molecule has 0 aliphatic heterocycles. The summed E-state index contributed by atoms with van der Waals surface area (Å²) >= 11 is 0. The number of rotatable bonds is 8. The molecule has 0 fully saturated rings. The fourth-order valence-electron chi connectivity index (χ4n) is 1.76. The van der Waals surface area contributed by atoms with Crippen LogP contribution < -0.4 is 5.32 Å². The van der Waals surface area contributed by atoms with Gasteiger partial charge in [-0.05, 0) is 18.8 Å². The topological polar surface area (TPSA) is 27.6 Å². The Morgan fingerprint density at radius 3 is 2.39 bits per heavy atom. The summed E-state index contributed by atoms with van der Waals surface area (Å²) in [6, 6.07) is 0. The monoisotopic (exact) mass is 369 g/mol. The molecule has 0 aromatic heterocycles. The number of halogens is 1. The van der Waals surface area contributed by atoms with Gasteiger partial charge in [0.1, 0.15) is 0 Å². The lowest BCUT2D eigenvalue weighted by Crippen LogP contribution is -2.39. The minimum absolute atomic E-state index is 0. The lowest BCUT2D eigenvalue weighted by atomic mass is 10.1. The third-order valence-corrected chi connectivity index (χ3v) is 2.91. The van der Waals surface area contributed by atoms with Gasteiger partial charge in [0, 0.05) is 27.2 Å². The molecule has 0 saturated heterocycles. The highest BCUT2D eigenvalue weighted by Crippen LogP contribution is 2.05. The van der Waals surface area contributed by atoms with Crippen LogP contribution in [0.2, 0.25) is 0 Å². The molecule has 1 N–H and O–H groups in total. The third kappa shape index (κ3) is 11.1. The zero-order valence-corrected chi connectivity index (χ0v) is 15.2. The average Bonchev–Trinajstić information content (AvgIpc) is 2.30. The van der Waals surface area contributed by atoms with Crippen molar-refractivity contribution in [2.45, 2.75) is 52.9 Å². The van der Waals surface area contributed by atoms with E-state index in [1.807, 2.05) is 7.05 Å². The average molecular weight is 369 g/mol. The second kappa shape index (κ2) is 13.4. The van der Waals surface area contributed by atoms with E-state index in [0.29, 0.717) is 0 Å². The summed E-state index contributed by atoms with van der Waals surface area (Å²) in [6.07, 6.45) is 6.32. The second-order valence-corrected chi connectivity index (χ2v) is 5.14. The summed E-state index contributed by atoms with van der Waals surface area (Å²) in [5, 5.41) is 3.43. The lowest BCUT2D eigenvalue weighted by Gasteiger charge is -2.21. The Labute approximate surface area is 131 Å². The molecule has 0 bridgehead atoms. The van der Waals surface area contributed by atoms with Crippen molar-refractivity contribution in [3.63, 3.8) is 0 Å². The quantitative estimate of drug-likeness (QED) is 0.306. The number of nitrogens with zero attached hydrogens (tertiary/aromatic N) is 2. The van der Waals surface area contributed by atoms with Gasteiger partial charge in [-0.15, -0.1) is 24.0 Å². The van der Waals surface area contributed by atoms with Crippen LogP contribution in [-0.2, 0) is 0 Å². The van der Waals surface area contributed by atoms with Crippen LogP contribution in [0.15, 0.2) is 4.99 Å². The van der Waals surface area contributed by atoms with E-state index in [2.05, 4.69) is 43.0 Å². The Kier molecular flexibility index (Phi) is 15.2. The highest BCUT2D eigenvalue weighted by Gasteiger charge is 2.03. The van der Waals surface area contributed by atoms with E-state index in [4.69, 9.17) is 0 Å². The highest BCUT2D eigenvalue weighted by molar-refractivity contribution is 14.0. The molecule has 0 rings (SSSR count). The zero-order valence-electron chi connectivity index (χ0n) is 12.8. The van der Waals surface area contributed by atoms with Crippen LogP contribution in [0.4, 0.5) is 0 Å². The van der Waals surface area contributed by atoms with Crippen molar-refractivity contribution in [2.24, 2.45) is 10.9 Å². The fraction of sp³-hybridized carbons (Fsp3) is 0.929. The molecule has 0 saturated carbocycles. The van der Waals surface area contributed by atoms with E-state index in [9.17, 15) is 0 Å². The van der Waals surface area contributed by atoms with Crippen molar-refractivity contribution in [2.75, 3.05) is 27.2 Å². The highest BCUT2D eigenvalue weighted by atomic mass is 127. The summed E-state index contributed by atoms with van der Waals surface area (Å²) < 4.78 is 0. The first-order valence-corrected chi connectivity index (χ1v) is 7.03. The number of guanidine groups is 1. The van der Waals surface area contributed by atoms with Crippen molar-refractivity contribution in [3.05, 3.63) is 0 Å². The van der Waals surface area contributed by atoms with E-state index in [1.165, 1.54) is 32.1 Å². The second-order valence-electron chi connectivity index (χ2n) is 5.14. The molecule has 3 nitrogen and oxygen atoms in total. The Hall–Kier alpha value is 0. The molecule has 18 heavy (non-hydrogen) atoms. The fourth-order valence-corrected chi connectivity index (χ4v) is 1.76. The first-order chi connectivity index (χ1) is 8.11. The van der Waals surface area contributed by atoms with E-state index in [-0.39, 0.29) is 24.0 Å². The Morgan fingerprint density at radius 2 is 1.89 bits per heavy atom. The van der Waals surface area contributed by atoms with Crippen molar-refractivity contribution in [1.29, 1.82) is 0 Å². The summed E-state index contributed by atoms with van der Waals surface area (Å²) in [5.74, 6) is 1.85. The van der Waals surface area contributed by atoms with Crippen LogP contribution in [0.3, 0.4) is 0 Å². The van der Waals surface area contributed by atoms with Crippen molar-refractivity contribution in [1.82, 2.24) is 10.2 Å². The van der Waals surface area contributed by atoms with Gasteiger partial charge in [-0.2, -0.15) is 0 Å². The number of aliphatic imine (C=N–C) groups is 1. The molecule has 110 valence electrons. The van der Waals surface area contributed by atoms with Crippen LogP contribution in [0.25, 0.3) is 0 Å². The molecular weight excluding hydrogens is 337 g/mol. The molecule has 0 heterocycles. The number of hydrogen-bond donors (Lipinski definition) is 1. The molecule has 0 radical (unpaired) electrons. The molecule has 0 aromatic carbocycles. The minimum atomic E-state index is 0. The zero-order chi connectivity index (χ0) is 13.1. The molecule has 0 unspecified atom stereocenters. The normalized spacial score (nSPS) is 11.3. The standard InChI is InChI=1S/C14H31N3.HI/c1-6-7-12-17(5)14(15-4)16-11-9-8-10-13(2)3;/h13H,6-12H2,1-5H3,(H,15,16);1H. The first kappa shape index (κ1) is 20.3. The molecule has 0 amide bonds. The summed E-state index contributed by atoms with van der Waals surface area (Å²) in [6.45, 7) is 8.91. The molecule has 0 atom stereocenters. The van der Waals surface area contributed by atoms with Gasteiger partial charge in [0.2, 0.25) is 0 Å². The maximum absolute atomic E-state index is 4.31. The maximum Gasteiger partial charge on any atom is 0.193 e. The van der Waals surface area contributed by atoms with Gasteiger partial charge in [-0.3, -0.25) is 4.99 Å². The SMILES string of the molecule is CCCCN(C)C(=NC)NCCCCC(C)C.I.